The number of nitrogens with zero attached hydrogens (tertiary/aromatic N) is 1. The number of rotatable bonds is 12. The molecule has 7 N–H and O–H groups in total. The molecule has 2 aliphatic rings. The maximum atomic E-state index is 13.1. The summed E-state index contributed by atoms with van der Waals surface area (Å²) in [7, 11) is 0. The number of primary amides is 1. The molecule has 1 aromatic heterocycles. The Morgan fingerprint density at radius 2 is 1.72 bits per heavy atom. The van der Waals surface area contributed by atoms with Gasteiger partial charge in [0.1, 0.15) is 0 Å². The predicted octanol–water partition coefficient (Wildman–Crippen LogP) is 5.86. The maximum absolute atomic E-state index is 13.1. The molecular formula is C36H49N5O5. The summed E-state index contributed by atoms with van der Waals surface area (Å²) >= 11 is 0. The molecule has 2 amide bonds. The first kappa shape index (κ1) is 34.7. The highest BCUT2D eigenvalue weighted by molar-refractivity contribution is 6.06. The third-order valence-electron chi connectivity index (χ3n) is 8.81. The lowest BCUT2D eigenvalue weighted by Gasteiger charge is -2.30. The van der Waals surface area contributed by atoms with Crippen LogP contribution >= 0.6 is 0 Å². The lowest BCUT2D eigenvalue weighted by atomic mass is 9.80. The molecule has 46 heavy (non-hydrogen) atoms. The number of amides is 2. The number of nitrogens with two attached hydrogens (primary N) is 2. The van der Waals surface area contributed by atoms with Crippen LogP contribution in [0.25, 0.3) is 22.0 Å². The van der Waals surface area contributed by atoms with Gasteiger partial charge in [0.25, 0.3) is 5.91 Å². The van der Waals surface area contributed by atoms with Gasteiger partial charge in [-0.15, -0.1) is 0 Å². The Bertz CT molecular complexity index is 1550. The number of hydrogen-bond acceptors (Lipinski definition) is 6. The summed E-state index contributed by atoms with van der Waals surface area (Å²) in [5, 5.41) is 15.5. The van der Waals surface area contributed by atoms with Gasteiger partial charge in [-0.3, -0.25) is 23.7 Å². The second kappa shape index (κ2) is 15.9. The molecule has 3 aromatic rings. The van der Waals surface area contributed by atoms with Gasteiger partial charge >= 0.3 is 5.97 Å². The van der Waals surface area contributed by atoms with E-state index in [1.165, 1.54) is 19.3 Å². The van der Waals surface area contributed by atoms with E-state index >= 15 is 0 Å². The normalized spacial score (nSPS) is 15.8. The fraction of sp³-hybridized carbons (Fsp3) is 0.500. The largest absolute Gasteiger partial charge is 0.481 e. The molecule has 248 valence electrons. The van der Waals surface area contributed by atoms with Crippen LogP contribution in [0.4, 0.5) is 5.69 Å². The molecule has 10 heteroatoms. The van der Waals surface area contributed by atoms with Crippen LogP contribution in [-0.4, -0.2) is 52.5 Å². The Morgan fingerprint density at radius 1 is 0.978 bits per heavy atom. The van der Waals surface area contributed by atoms with Crippen molar-refractivity contribution in [1.29, 1.82) is 0 Å². The van der Waals surface area contributed by atoms with Crippen molar-refractivity contribution < 1.29 is 24.3 Å². The van der Waals surface area contributed by atoms with E-state index in [4.69, 9.17) is 16.6 Å². The molecule has 1 fully saturated rings. The molecule has 10 nitrogen and oxygen atoms in total. The van der Waals surface area contributed by atoms with Crippen LogP contribution in [0.1, 0.15) is 105 Å². The van der Waals surface area contributed by atoms with Gasteiger partial charge in [0, 0.05) is 47.8 Å². The predicted molar refractivity (Wildman–Crippen MR) is 182 cm³/mol. The van der Waals surface area contributed by atoms with Crippen molar-refractivity contribution >= 4 is 40.3 Å². The van der Waals surface area contributed by atoms with Crippen LogP contribution in [0.5, 0.6) is 0 Å². The van der Waals surface area contributed by atoms with E-state index < -0.39 is 11.9 Å². The molecule has 0 bridgehead atoms. The molecule has 1 aliphatic heterocycles. The Morgan fingerprint density at radius 3 is 2.41 bits per heavy atom. The van der Waals surface area contributed by atoms with Crippen molar-refractivity contribution in [3.05, 3.63) is 53.7 Å². The van der Waals surface area contributed by atoms with Crippen molar-refractivity contribution in [2.45, 2.75) is 96.9 Å². The summed E-state index contributed by atoms with van der Waals surface area (Å²) < 4.78 is 1.91. The van der Waals surface area contributed by atoms with E-state index in [1.54, 1.807) is 0 Å². The second-order valence-electron chi connectivity index (χ2n) is 13.3. The zero-order chi connectivity index (χ0) is 33.3. The number of fused-ring (bicyclic) bond motifs is 3. The summed E-state index contributed by atoms with van der Waals surface area (Å²) in [6.07, 6.45) is 10.4. The van der Waals surface area contributed by atoms with Gasteiger partial charge in [-0.25, -0.2) is 0 Å². The topological polar surface area (TPSA) is 170 Å². The zero-order valence-electron chi connectivity index (χ0n) is 27.2. The zero-order valence-corrected chi connectivity index (χ0v) is 27.2. The Labute approximate surface area is 271 Å². The minimum atomic E-state index is -0.895. The summed E-state index contributed by atoms with van der Waals surface area (Å²) in [4.78, 5) is 46.5. The second-order valence-corrected chi connectivity index (χ2v) is 13.3. The fourth-order valence-corrected chi connectivity index (χ4v) is 6.58. The highest BCUT2D eigenvalue weighted by atomic mass is 16.4. The van der Waals surface area contributed by atoms with Crippen LogP contribution in [0.15, 0.2) is 42.5 Å². The van der Waals surface area contributed by atoms with Crippen molar-refractivity contribution in [2.24, 2.45) is 16.9 Å². The van der Waals surface area contributed by atoms with E-state index in [-0.39, 0.29) is 30.2 Å². The minimum absolute atomic E-state index is 0.0193. The van der Waals surface area contributed by atoms with Crippen molar-refractivity contribution in [1.82, 2.24) is 9.88 Å². The summed E-state index contributed by atoms with van der Waals surface area (Å²) in [6.45, 7) is 5.18. The number of aliphatic carboxylic acids is 1. The van der Waals surface area contributed by atoms with Gasteiger partial charge in [-0.05, 0) is 67.8 Å². The Balaban J connectivity index is 0.000000292. The first-order chi connectivity index (χ1) is 22.0. The molecule has 2 heterocycles. The van der Waals surface area contributed by atoms with E-state index in [1.807, 2.05) is 34.9 Å². The van der Waals surface area contributed by atoms with E-state index in [2.05, 4.69) is 36.6 Å². The molecular weight excluding hydrogens is 582 g/mol. The first-order valence-corrected chi connectivity index (χ1v) is 16.6. The molecule has 0 atom stereocenters. The molecule has 1 aliphatic carbocycles. The summed E-state index contributed by atoms with van der Waals surface area (Å²) in [5.41, 5.74) is 16.4. The lowest BCUT2D eigenvalue weighted by molar-refractivity contribution is -0.136. The average molecular weight is 632 g/mol. The lowest BCUT2D eigenvalue weighted by Crippen LogP contribution is -2.31. The Kier molecular flexibility index (Phi) is 12.0. The van der Waals surface area contributed by atoms with E-state index in [0.29, 0.717) is 31.0 Å². The van der Waals surface area contributed by atoms with Gasteiger partial charge in [0.05, 0.1) is 17.5 Å². The minimum Gasteiger partial charge on any atom is -0.481 e. The molecule has 0 radical (unpaired) electrons. The quantitative estimate of drug-likeness (QED) is 0.156. The van der Waals surface area contributed by atoms with Crippen molar-refractivity contribution in [3.8, 4) is 11.1 Å². The Hall–Kier alpha value is -4.18. The standard InChI is InChI=1S/C27H31N3O2.C9H18N2O3/c1-27(2)15-23-25(20-10-6-7-11-22(20)30(23)24(31)16-27)17-12-13-19(26(28)32)21(14-17)29-18-8-4-3-5-9-18;10-6-3-1-2-4-8(12)11-7-5-9(13)14/h6-7,10-14,18,29H,3-5,8-9,15-16H2,1-2H3,(H2,28,32);1-7,10H2,(H,11,12)(H,13,14). The average Bonchev–Trinajstić information content (AvgIpc) is 3.33. The molecule has 1 saturated carbocycles. The van der Waals surface area contributed by atoms with Gasteiger partial charge in [-0.2, -0.15) is 0 Å². The highest BCUT2D eigenvalue weighted by Gasteiger charge is 2.35. The molecule has 2 aromatic carbocycles. The van der Waals surface area contributed by atoms with Crippen LogP contribution in [0.3, 0.4) is 0 Å². The van der Waals surface area contributed by atoms with Crippen molar-refractivity contribution in [3.63, 3.8) is 0 Å². The summed E-state index contributed by atoms with van der Waals surface area (Å²) in [5.74, 6) is -1.25. The maximum Gasteiger partial charge on any atom is 0.305 e. The van der Waals surface area contributed by atoms with Crippen molar-refractivity contribution in [2.75, 3.05) is 18.4 Å². The molecule has 5 rings (SSSR count). The smallest absolute Gasteiger partial charge is 0.305 e. The number of para-hydroxylation sites is 1. The molecule has 0 saturated heterocycles. The van der Waals surface area contributed by atoms with Crippen LogP contribution < -0.4 is 22.1 Å². The van der Waals surface area contributed by atoms with Crippen LogP contribution in [0.2, 0.25) is 0 Å². The number of carboxylic acids is 1. The number of nitrogens with one attached hydrogen (secondary N) is 2. The third-order valence-corrected chi connectivity index (χ3v) is 8.81. The van der Waals surface area contributed by atoms with Crippen LogP contribution in [-0.2, 0) is 16.0 Å². The molecule has 0 spiro atoms. The van der Waals surface area contributed by atoms with Gasteiger partial charge in [0.15, 0.2) is 0 Å². The van der Waals surface area contributed by atoms with Gasteiger partial charge in [0.2, 0.25) is 11.8 Å². The fourth-order valence-electron chi connectivity index (χ4n) is 6.58. The van der Waals surface area contributed by atoms with E-state index in [0.717, 1.165) is 71.9 Å². The number of hydrogen-bond donors (Lipinski definition) is 5. The SMILES string of the molecule is CC1(C)CC(=O)n2c(c(-c3ccc(C(N)=O)c(NC4CCCCC4)c3)c3ccccc32)C1.NCCCCCC(=O)NCCC(=O)O. The number of unbranched alkanes of at least 4 members (excludes halogenated alkanes) is 2. The van der Waals surface area contributed by atoms with Gasteiger partial charge < -0.3 is 27.2 Å². The number of aromatic nitrogens is 1. The third kappa shape index (κ3) is 8.96. The first-order valence-electron chi connectivity index (χ1n) is 16.6. The number of anilines is 1. The number of carbonyl (C=O) groups excluding carboxylic acids is 3. The highest BCUT2D eigenvalue weighted by Crippen LogP contribution is 2.43. The number of carboxylic acid groups (broad SMARTS) is 1. The monoisotopic (exact) mass is 631 g/mol. The number of carbonyl (C=O) groups is 4. The molecule has 0 unspecified atom stereocenters. The number of benzene rings is 2. The van der Waals surface area contributed by atoms with Gasteiger partial charge in [-0.1, -0.05) is 63.8 Å². The van der Waals surface area contributed by atoms with Crippen LogP contribution in [0, 0.1) is 5.41 Å². The van der Waals surface area contributed by atoms with E-state index in [9.17, 15) is 19.2 Å². The summed E-state index contributed by atoms with van der Waals surface area (Å²) in [6, 6.07) is 14.3.